The third kappa shape index (κ3) is 18.4. The molecule has 0 aromatic rings. The van der Waals surface area contributed by atoms with Crippen LogP contribution >= 0.6 is 0 Å². The molecule has 0 saturated carbocycles. The number of halogens is 1. The van der Waals surface area contributed by atoms with Gasteiger partial charge in [0.2, 0.25) is 0 Å². The van der Waals surface area contributed by atoms with Crippen LogP contribution in [0.4, 0.5) is 0 Å². The Balaban J connectivity index is 0. The fourth-order valence-electron chi connectivity index (χ4n) is 2.99. The van der Waals surface area contributed by atoms with Gasteiger partial charge in [-0.2, -0.15) is 0 Å². The van der Waals surface area contributed by atoms with Crippen LogP contribution in [0.1, 0.15) is 85.0 Å². The van der Waals surface area contributed by atoms with Crippen LogP contribution in [-0.2, 0) is 0 Å². The van der Waals surface area contributed by atoms with Crippen LogP contribution in [0.2, 0.25) is 0 Å². The second-order valence-corrected chi connectivity index (χ2v) is 6.79. The summed E-state index contributed by atoms with van der Waals surface area (Å²) in [6.07, 6.45) is 13.0. The molecule has 3 N–H and O–H groups in total. The van der Waals surface area contributed by atoms with Crippen molar-refractivity contribution in [3.63, 3.8) is 0 Å². The first-order valence-electron chi connectivity index (χ1n) is 9.26. The summed E-state index contributed by atoms with van der Waals surface area (Å²) >= 11 is 0. The maximum absolute atomic E-state index is 9.49. The number of nitrogens with one attached hydrogen (secondary N) is 1. The molecular formula is C18H40BrNO2. The summed E-state index contributed by atoms with van der Waals surface area (Å²) in [5, 5.41) is 19.0. The summed E-state index contributed by atoms with van der Waals surface area (Å²) in [5.41, 5.74) is 0. The molecule has 2 unspecified atom stereocenters. The molecular weight excluding hydrogens is 342 g/mol. The monoisotopic (exact) mass is 381 g/mol. The highest BCUT2D eigenvalue weighted by molar-refractivity contribution is 4.49. The third-order valence-electron chi connectivity index (χ3n) is 4.05. The Labute approximate surface area is 149 Å². The maximum Gasteiger partial charge on any atom is 0.103 e. The molecule has 0 bridgehead atoms. The normalized spacial score (nSPS) is 15.1. The maximum atomic E-state index is 9.49. The number of rotatable bonds is 15. The second kappa shape index (κ2) is 17.7. The van der Waals surface area contributed by atoms with Gasteiger partial charge < -0.3 is 32.1 Å². The van der Waals surface area contributed by atoms with Gasteiger partial charge in [0, 0.05) is 0 Å². The second-order valence-electron chi connectivity index (χ2n) is 6.79. The van der Waals surface area contributed by atoms with Crippen molar-refractivity contribution in [1.29, 1.82) is 0 Å². The van der Waals surface area contributed by atoms with Crippen LogP contribution in [0.15, 0.2) is 0 Å². The standard InChI is InChI=1S/C18H39NO2.BrH/c1-4-5-6-7-8-9-10-11-12-13-14-19(15-17(2)20)16-18(3)21;/h17-18,20-21H,4-16H2,1-3H3;1H. The van der Waals surface area contributed by atoms with Gasteiger partial charge in [0.25, 0.3) is 0 Å². The fourth-order valence-corrected chi connectivity index (χ4v) is 2.99. The largest absolute Gasteiger partial charge is 1.00 e. The highest BCUT2D eigenvalue weighted by Crippen LogP contribution is 2.09. The van der Waals surface area contributed by atoms with Gasteiger partial charge in [0.1, 0.15) is 25.3 Å². The Morgan fingerprint density at radius 2 is 1.05 bits per heavy atom. The molecule has 0 spiro atoms. The van der Waals surface area contributed by atoms with E-state index in [4.69, 9.17) is 0 Å². The Kier molecular flexibility index (Phi) is 19.8. The molecule has 0 fully saturated rings. The molecule has 0 amide bonds. The zero-order valence-electron chi connectivity index (χ0n) is 15.1. The van der Waals surface area contributed by atoms with Crippen LogP contribution in [-0.4, -0.2) is 42.1 Å². The predicted octanol–water partition coefficient (Wildman–Crippen LogP) is -0.442. The van der Waals surface area contributed by atoms with E-state index in [1.165, 1.54) is 69.1 Å². The highest BCUT2D eigenvalue weighted by atomic mass is 79.9. The van der Waals surface area contributed by atoms with Crippen LogP contribution in [0.25, 0.3) is 0 Å². The van der Waals surface area contributed by atoms with Gasteiger partial charge >= 0.3 is 0 Å². The van der Waals surface area contributed by atoms with E-state index in [1.807, 2.05) is 13.8 Å². The van der Waals surface area contributed by atoms with E-state index in [-0.39, 0.29) is 29.2 Å². The molecule has 0 aliphatic rings. The highest BCUT2D eigenvalue weighted by Gasteiger charge is 2.13. The summed E-state index contributed by atoms with van der Waals surface area (Å²) < 4.78 is 0. The van der Waals surface area contributed by atoms with Crippen molar-refractivity contribution >= 4 is 0 Å². The van der Waals surface area contributed by atoms with Gasteiger partial charge in [-0.15, -0.1) is 0 Å². The van der Waals surface area contributed by atoms with E-state index in [0.29, 0.717) is 0 Å². The van der Waals surface area contributed by atoms with E-state index < -0.39 is 0 Å². The number of aliphatic hydroxyl groups excluding tert-OH is 2. The zero-order chi connectivity index (χ0) is 15.9. The predicted molar refractivity (Wildman–Crippen MR) is 90.8 cm³/mol. The van der Waals surface area contributed by atoms with Crippen LogP contribution in [0.5, 0.6) is 0 Å². The third-order valence-corrected chi connectivity index (χ3v) is 4.05. The molecule has 0 aromatic heterocycles. The van der Waals surface area contributed by atoms with Crippen LogP contribution < -0.4 is 21.9 Å². The average molecular weight is 382 g/mol. The molecule has 0 aliphatic heterocycles. The first-order chi connectivity index (χ1) is 10.1. The summed E-state index contributed by atoms with van der Waals surface area (Å²) in [6, 6.07) is 0. The van der Waals surface area contributed by atoms with Crippen LogP contribution in [0, 0.1) is 0 Å². The number of aliphatic hydroxyl groups is 2. The van der Waals surface area contributed by atoms with Crippen molar-refractivity contribution < 1.29 is 32.1 Å². The minimum atomic E-state index is -0.276. The minimum Gasteiger partial charge on any atom is -1.00 e. The van der Waals surface area contributed by atoms with Gasteiger partial charge in [-0.25, -0.2) is 0 Å². The average Bonchev–Trinajstić information content (AvgIpc) is 2.39. The number of hydrogen-bond donors (Lipinski definition) is 3. The van der Waals surface area contributed by atoms with Crippen molar-refractivity contribution in [1.82, 2.24) is 0 Å². The summed E-state index contributed by atoms with van der Waals surface area (Å²) in [5.74, 6) is 0. The molecule has 4 heteroatoms. The summed E-state index contributed by atoms with van der Waals surface area (Å²) in [6.45, 7) is 8.51. The van der Waals surface area contributed by atoms with Gasteiger partial charge in [-0.3, -0.25) is 0 Å². The topological polar surface area (TPSA) is 44.9 Å². The van der Waals surface area contributed by atoms with Gasteiger partial charge in [0.05, 0.1) is 6.54 Å². The van der Waals surface area contributed by atoms with E-state index in [2.05, 4.69) is 6.92 Å². The van der Waals surface area contributed by atoms with E-state index in [9.17, 15) is 10.2 Å². The molecule has 3 nitrogen and oxygen atoms in total. The minimum absolute atomic E-state index is 0. The smallest absolute Gasteiger partial charge is 0.103 e. The molecule has 0 radical (unpaired) electrons. The number of hydrogen-bond acceptors (Lipinski definition) is 2. The lowest BCUT2D eigenvalue weighted by Crippen LogP contribution is -3.14. The Bertz CT molecular complexity index is 203. The summed E-state index contributed by atoms with van der Waals surface area (Å²) in [7, 11) is 0. The number of unbranched alkanes of at least 4 members (excludes halogenated alkanes) is 9. The first kappa shape index (κ1) is 24.6. The van der Waals surface area contributed by atoms with E-state index in [0.717, 1.165) is 19.6 Å². The molecule has 2 atom stereocenters. The Morgan fingerprint density at radius 1 is 0.682 bits per heavy atom. The van der Waals surface area contributed by atoms with Gasteiger partial charge in [-0.05, 0) is 26.7 Å². The van der Waals surface area contributed by atoms with Crippen LogP contribution in [0.3, 0.4) is 0 Å². The van der Waals surface area contributed by atoms with Crippen molar-refractivity contribution in [2.24, 2.45) is 0 Å². The molecule has 0 saturated heterocycles. The quantitative estimate of drug-likeness (QED) is 0.336. The Morgan fingerprint density at radius 3 is 1.41 bits per heavy atom. The molecule has 136 valence electrons. The van der Waals surface area contributed by atoms with Gasteiger partial charge in [0.15, 0.2) is 0 Å². The van der Waals surface area contributed by atoms with Crippen molar-refractivity contribution in [3.8, 4) is 0 Å². The van der Waals surface area contributed by atoms with Crippen molar-refractivity contribution in [3.05, 3.63) is 0 Å². The molecule has 0 heterocycles. The fraction of sp³-hybridized carbons (Fsp3) is 1.00. The van der Waals surface area contributed by atoms with E-state index >= 15 is 0 Å². The van der Waals surface area contributed by atoms with Gasteiger partial charge in [-0.1, -0.05) is 58.3 Å². The van der Waals surface area contributed by atoms with Crippen molar-refractivity contribution in [2.75, 3.05) is 19.6 Å². The van der Waals surface area contributed by atoms with Crippen molar-refractivity contribution in [2.45, 2.75) is 97.2 Å². The molecule has 0 aliphatic carbocycles. The molecule has 22 heavy (non-hydrogen) atoms. The lowest BCUT2D eigenvalue weighted by molar-refractivity contribution is -0.906. The molecule has 0 aromatic carbocycles. The first-order valence-corrected chi connectivity index (χ1v) is 9.26. The molecule has 0 rings (SSSR count). The lowest BCUT2D eigenvalue weighted by atomic mass is 10.1. The lowest BCUT2D eigenvalue weighted by Gasteiger charge is -2.22. The zero-order valence-corrected chi connectivity index (χ0v) is 16.7. The van der Waals surface area contributed by atoms with E-state index in [1.54, 1.807) is 0 Å². The SMILES string of the molecule is CCCCCCCCCCCC[NH+](CC(C)O)CC(C)O.[Br-]. The summed E-state index contributed by atoms with van der Waals surface area (Å²) in [4.78, 5) is 1.33. The Hall–Kier alpha value is 0.360. The number of quaternary nitrogens is 1.